The van der Waals surface area contributed by atoms with Crippen molar-refractivity contribution in [3.63, 3.8) is 0 Å². The fourth-order valence-electron chi connectivity index (χ4n) is 2.91. The number of alkyl halides is 3. The molecule has 1 aliphatic rings. The lowest BCUT2D eigenvalue weighted by Gasteiger charge is -2.17. The summed E-state index contributed by atoms with van der Waals surface area (Å²) in [5.74, 6) is 0.282. The van der Waals surface area contributed by atoms with Gasteiger partial charge in [0.1, 0.15) is 5.82 Å². The second kappa shape index (κ2) is 6.65. The number of nitrogens with zero attached hydrogens (tertiary/aromatic N) is 2. The summed E-state index contributed by atoms with van der Waals surface area (Å²) in [6, 6.07) is 10.2. The van der Waals surface area contributed by atoms with Crippen LogP contribution in [0.3, 0.4) is 0 Å². The Kier molecular flexibility index (Phi) is 4.71. The van der Waals surface area contributed by atoms with E-state index in [9.17, 15) is 13.2 Å². The van der Waals surface area contributed by atoms with E-state index in [1.165, 1.54) is 0 Å². The topological polar surface area (TPSA) is 40.2 Å². The maximum atomic E-state index is 13.2. The average molecular weight is 350 g/mol. The fourth-order valence-corrected chi connectivity index (χ4v) is 2.91. The maximum absolute atomic E-state index is 13.2. The van der Waals surface area contributed by atoms with Gasteiger partial charge >= 0.3 is 6.18 Å². The minimum Gasteiger partial charge on any atom is -0.363 e. The number of pyridine rings is 1. The number of hydrogen-bond acceptors (Lipinski definition) is 4. The SMILES string of the molecule is CC1CC(c2cccc(-c3cc(C(F)(F)F)cc(N(C)C)n3)c2)NN1. The van der Waals surface area contributed by atoms with Gasteiger partial charge in [0.25, 0.3) is 0 Å². The Labute approximate surface area is 145 Å². The standard InChI is InChI=1S/C18H21F3N4/c1-11-7-16(24-23-11)13-6-4-5-12(8-13)15-9-14(18(19,20)21)10-17(22-15)25(2)3/h4-6,8-11,16,23-24H,7H2,1-3H3. The van der Waals surface area contributed by atoms with Crippen LogP contribution >= 0.6 is 0 Å². The van der Waals surface area contributed by atoms with Crippen molar-refractivity contribution < 1.29 is 13.2 Å². The first-order valence-corrected chi connectivity index (χ1v) is 8.12. The van der Waals surface area contributed by atoms with Gasteiger partial charge in [-0.2, -0.15) is 13.2 Å². The van der Waals surface area contributed by atoms with Crippen LogP contribution < -0.4 is 15.8 Å². The maximum Gasteiger partial charge on any atom is 0.416 e. The van der Waals surface area contributed by atoms with Crippen LogP contribution in [0.15, 0.2) is 36.4 Å². The normalized spacial score (nSPS) is 20.7. The van der Waals surface area contributed by atoms with Crippen molar-refractivity contribution in [1.29, 1.82) is 0 Å². The van der Waals surface area contributed by atoms with Gasteiger partial charge in [0.05, 0.1) is 11.3 Å². The van der Waals surface area contributed by atoms with Crippen molar-refractivity contribution in [2.45, 2.75) is 31.6 Å². The fraction of sp³-hybridized carbons (Fsp3) is 0.389. The first-order chi connectivity index (χ1) is 11.7. The highest BCUT2D eigenvalue weighted by atomic mass is 19.4. The molecule has 2 heterocycles. The minimum atomic E-state index is -4.41. The molecule has 2 N–H and O–H groups in total. The van der Waals surface area contributed by atoms with Gasteiger partial charge < -0.3 is 4.90 Å². The van der Waals surface area contributed by atoms with Gasteiger partial charge in [-0.3, -0.25) is 10.9 Å². The minimum absolute atomic E-state index is 0.133. The molecule has 0 amide bonds. The van der Waals surface area contributed by atoms with E-state index >= 15 is 0 Å². The highest BCUT2D eigenvalue weighted by Gasteiger charge is 2.32. The molecule has 2 unspecified atom stereocenters. The van der Waals surface area contributed by atoms with Crippen molar-refractivity contribution in [3.05, 3.63) is 47.5 Å². The Balaban J connectivity index is 2.02. The van der Waals surface area contributed by atoms with Gasteiger partial charge in [-0.05, 0) is 37.1 Å². The van der Waals surface area contributed by atoms with Gasteiger partial charge in [-0.1, -0.05) is 18.2 Å². The number of benzene rings is 1. The molecule has 25 heavy (non-hydrogen) atoms. The molecule has 3 rings (SSSR count). The molecule has 0 saturated carbocycles. The van der Waals surface area contributed by atoms with Crippen LogP contribution in [0, 0.1) is 0 Å². The third-order valence-corrected chi connectivity index (χ3v) is 4.28. The Bertz CT molecular complexity index is 758. The summed E-state index contributed by atoms with van der Waals surface area (Å²) < 4.78 is 39.7. The molecule has 0 bridgehead atoms. The molecule has 134 valence electrons. The molecule has 0 radical (unpaired) electrons. The Hall–Kier alpha value is -2.12. The van der Waals surface area contributed by atoms with Gasteiger partial charge in [-0.15, -0.1) is 0 Å². The lowest BCUT2D eigenvalue weighted by Crippen LogP contribution is -2.28. The number of hydrazine groups is 1. The van der Waals surface area contributed by atoms with E-state index in [0.717, 1.165) is 24.1 Å². The number of nitrogens with one attached hydrogen (secondary N) is 2. The van der Waals surface area contributed by atoms with Crippen LogP contribution in [-0.4, -0.2) is 25.1 Å². The van der Waals surface area contributed by atoms with Crippen molar-refractivity contribution in [1.82, 2.24) is 15.8 Å². The van der Waals surface area contributed by atoms with Crippen LogP contribution in [0.25, 0.3) is 11.3 Å². The highest BCUT2D eigenvalue weighted by molar-refractivity contribution is 5.64. The van der Waals surface area contributed by atoms with Crippen LogP contribution in [0.4, 0.5) is 19.0 Å². The van der Waals surface area contributed by atoms with Gasteiger partial charge in [0.15, 0.2) is 0 Å². The van der Waals surface area contributed by atoms with Gasteiger partial charge in [-0.25, -0.2) is 4.98 Å². The van der Waals surface area contributed by atoms with E-state index in [2.05, 4.69) is 22.8 Å². The van der Waals surface area contributed by atoms with E-state index < -0.39 is 11.7 Å². The Morgan fingerprint density at radius 3 is 2.48 bits per heavy atom. The molecule has 2 atom stereocenters. The summed E-state index contributed by atoms with van der Waals surface area (Å²) in [6.07, 6.45) is -3.49. The quantitative estimate of drug-likeness (QED) is 0.884. The second-order valence-corrected chi connectivity index (χ2v) is 6.59. The predicted octanol–water partition coefficient (Wildman–Crippen LogP) is 3.76. The molecular formula is C18H21F3N4. The van der Waals surface area contributed by atoms with Crippen LogP contribution in [-0.2, 0) is 6.18 Å². The van der Waals surface area contributed by atoms with Crippen LogP contribution in [0.5, 0.6) is 0 Å². The zero-order chi connectivity index (χ0) is 18.2. The monoisotopic (exact) mass is 350 g/mol. The lowest BCUT2D eigenvalue weighted by molar-refractivity contribution is -0.137. The van der Waals surface area contributed by atoms with E-state index in [-0.39, 0.29) is 11.9 Å². The Morgan fingerprint density at radius 1 is 1.12 bits per heavy atom. The van der Waals surface area contributed by atoms with Crippen LogP contribution in [0.1, 0.15) is 30.5 Å². The summed E-state index contributed by atoms with van der Waals surface area (Å²) in [5.41, 5.74) is 7.69. The molecule has 0 aliphatic carbocycles. The smallest absolute Gasteiger partial charge is 0.363 e. The number of hydrogen-bond donors (Lipinski definition) is 2. The summed E-state index contributed by atoms with van der Waals surface area (Å²) in [6.45, 7) is 2.08. The first-order valence-electron chi connectivity index (χ1n) is 8.12. The first kappa shape index (κ1) is 17.7. The molecule has 4 nitrogen and oxygen atoms in total. The van der Waals surface area contributed by atoms with E-state index in [0.29, 0.717) is 17.3 Å². The van der Waals surface area contributed by atoms with E-state index in [1.54, 1.807) is 25.1 Å². The molecule has 0 spiro atoms. The van der Waals surface area contributed by atoms with Gasteiger partial charge in [0, 0.05) is 31.7 Å². The zero-order valence-corrected chi connectivity index (χ0v) is 14.4. The third-order valence-electron chi connectivity index (χ3n) is 4.28. The number of anilines is 1. The average Bonchev–Trinajstić information content (AvgIpc) is 3.00. The number of rotatable bonds is 3. The summed E-state index contributed by atoms with van der Waals surface area (Å²) in [5, 5.41) is 0. The van der Waals surface area contributed by atoms with Crippen molar-refractivity contribution in [2.24, 2.45) is 0 Å². The van der Waals surface area contributed by atoms with Crippen LogP contribution in [0.2, 0.25) is 0 Å². The van der Waals surface area contributed by atoms with Gasteiger partial charge in [0.2, 0.25) is 0 Å². The molecular weight excluding hydrogens is 329 g/mol. The molecule has 1 saturated heterocycles. The highest BCUT2D eigenvalue weighted by Crippen LogP contribution is 2.34. The Morgan fingerprint density at radius 2 is 1.88 bits per heavy atom. The van der Waals surface area contributed by atoms with E-state index in [1.807, 2.05) is 18.2 Å². The summed E-state index contributed by atoms with van der Waals surface area (Å²) in [7, 11) is 3.36. The molecule has 1 aromatic heterocycles. The largest absolute Gasteiger partial charge is 0.416 e. The lowest BCUT2D eigenvalue weighted by atomic mass is 9.99. The molecule has 2 aromatic rings. The molecule has 7 heteroatoms. The number of aromatic nitrogens is 1. The number of halogens is 3. The van der Waals surface area contributed by atoms with Crippen molar-refractivity contribution in [3.8, 4) is 11.3 Å². The third kappa shape index (κ3) is 3.93. The van der Waals surface area contributed by atoms with Crippen molar-refractivity contribution >= 4 is 5.82 Å². The van der Waals surface area contributed by atoms with E-state index in [4.69, 9.17) is 0 Å². The zero-order valence-electron chi connectivity index (χ0n) is 14.4. The molecule has 1 fully saturated rings. The summed E-state index contributed by atoms with van der Waals surface area (Å²) in [4.78, 5) is 5.97. The molecule has 1 aromatic carbocycles. The molecule has 1 aliphatic heterocycles. The predicted molar refractivity (Wildman–Crippen MR) is 92.1 cm³/mol. The van der Waals surface area contributed by atoms with Crippen molar-refractivity contribution in [2.75, 3.05) is 19.0 Å². The summed E-state index contributed by atoms with van der Waals surface area (Å²) >= 11 is 0. The second-order valence-electron chi connectivity index (χ2n) is 6.59.